The Balaban J connectivity index is 1.70. The molecule has 124 valence electrons. The van der Waals surface area contributed by atoms with Crippen LogP contribution < -0.4 is 9.47 Å². The van der Waals surface area contributed by atoms with Crippen LogP contribution in [0.25, 0.3) is 6.08 Å². The molecule has 0 spiro atoms. The van der Waals surface area contributed by atoms with Crippen molar-refractivity contribution in [1.29, 1.82) is 0 Å². The van der Waals surface area contributed by atoms with Crippen LogP contribution in [-0.4, -0.2) is 31.6 Å². The number of carbonyl (C=O) groups is 1. The van der Waals surface area contributed by atoms with Gasteiger partial charge in [-0.1, -0.05) is 30.3 Å². The van der Waals surface area contributed by atoms with Crippen molar-refractivity contribution >= 4 is 12.0 Å². The minimum absolute atomic E-state index is 0.0271. The number of hydrogen-bond donors (Lipinski definition) is 0. The van der Waals surface area contributed by atoms with Crippen LogP contribution in [0.5, 0.6) is 11.5 Å². The van der Waals surface area contributed by atoms with Crippen LogP contribution in [0.15, 0.2) is 48.5 Å². The minimum Gasteiger partial charge on any atom is -0.493 e. The molecule has 2 aromatic carbocycles. The zero-order chi connectivity index (χ0) is 16.9. The van der Waals surface area contributed by atoms with Crippen LogP contribution in [-0.2, 0) is 17.8 Å². The molecule has 4 nitrogen and oxygen atoms in total. The summed E-state index contributed by atoms with van der Waals surface area (Å²) in [4.78, 5) is 14.3. The molecule has 1 amide bonds. The average molecular weight is 323 g/mol. The third kappa shape index (κ3) is 3.43. The van der Waals surface area contributed by atoms with Gasteiger partial charge in [-0.3, -0.25) is 4.79 Å². The summed E-state index contributed by atoms with van der Waals surface area (Å²) in [5.74, 6) is 1.35. The standard InChI is InChI=1S/C20H21NO3/c1-23-18-9-7-15(13-19(18)24-2)8-10-20(22)21-12-11-16-5-3-4-6-17(16)14-21/h3-10,13H,11-12,14H2,1-2H3/b10-8+. The summed E-state index contributed by atoms with van der Waals surface area (Å²) >= 11 is 0. The number of carbonyl (C=O) groups excluding carboxylic acids is 1. The Bertz CT molecular complexity index is 767. The second-order valence-corrected chi connectivity index (χ2v) is 5.73. The molecular weight excluding hydrogens is 302 g/mol. The van der Waals surface area contributed by atoms with Gasteiger partial charge in [0.1, 0.15) is 0 Å². The molecule has 1 aliphatic rings. The van der Waals surface area contributed by atoms with E-state index in [-0.39, 0.29) is 5.91 Å². The lowest BCUT2D eigenvalue weighted by atomic mass is 10.00. The zero-order valence-electron chi connectivity index (χ0n) is 14.0. The summed E-state index contributed by atoms with van der Waals surface area (Å²) in [5, 5.41) is 0. The number of methoxy groups -OCH3 is 2. The second-order valence-electron chi connectivity index (χ2n) is 5.73. The Kier molecular flexibility index (Phi) is 4.85. The SMILES string of the molecule is COc1ccc(/C=C/C(=O)N2CCc3ccccc3C2)cc1OC. The van der Waals surface area contributed by atoms with Crippen molar-refractivity contribution in [2.24, 2.45) is 0 Å². The Labute approximate surface area is 142 Å². The van der Waals surface area contributed by atoms with Crippen molar-refractivity contribution in [3.63, 3.8) is 0 Å². The number of benzene rings is 2. The van der Waals surface area contributed by atoms with E-state index in [1.807, 2.05) is 41.3 Å². The maximum atomic E-state index is 12.4. The van der Waals surface area contributed by atoms with Gasteiger partial charge < -0.3 is 14.4 Å². The van der Waals surface area contributed by atoms with Crippen molar-refractivity contribution in [1.82, 2.24) is 4.90 Å². The quantitative estimate of drug-likeness (QED) is 0.810. The summed E-state index contributed by atoms with van der Waals surface area (Å²) in [7, 11) is 3.20. The highest BCUT2D eigenvalue weighted by Crippen LogP contribution is 2.28. The molecular formula is C20H21NO3. The molecule has 24 heavy (non-hydrogen) atoms. The first-order chi connectivity index (χ1) is 11.7. The van der Waals surface area contributed by atoms with Crippen molar-refractivity contribution in [3.05, 3.63) is 65.2 Å². The van der Waals surface area contributed by atoms with Crippen molar-refractivity contribution in [2.75, 3.05) is 20.8 Å². The molecule has 3 rings (SSSR count). The maximum absolute atomic E-state index is 12.4. The molecule has 1 aliphatic heterocycles. The number of nitrogens with zero attached hydrogens (tertiary/aromatic N) is 1. The summed E-state index contributed by atoms with van der Waals surface area (Å²) in [5.41, 5.74) is 3.47. The first kappa shape index (κ1) is 16.1. The van der Waals surface area contributed by atoms with Crippen LogP contribution in [0, 0.1) is 0 Å². The lowest BCUT2D eigenvalue weighted by molar-refractivity contribution is -0.126. The van der Waals surface area contributed by atoms with Gasteiger partial charge in [-0.05, 0) is 41.3 Å². The molecule has 0 fully saturated rings. The lowest BCUT2D eigenvalue weighted by Crippen LogP contribution is -2.34. The van der Waals surface area contributed by atoms with Gasteiger partial charge in [-0.15, -0.1) is 0 Å². The number of fused-ring (bicyclic) bond motifs is 1. The van der Waals surface area contributed by atoms with Crippen molar-refractivity contribution in [2.45, 2.75) is 13.0 Å². The Morgan fingerprint density at radius 3 is 2.54 bits per heavy atom. The lowest BCUT2D eigenvalue weighted by Gasteiger charge is -2.27. The van der Waals surface area contributed by atoms with Crippen LogP contribution in [0.2, 0.25) is 0 Å². The number of amides is 1. The molecule has 0 saturated carbocycles. The first-order valence-electron chi connectivity index (χ1n) is 7.97. The summed E-state index contributed by atoms with van der Waals surface area (Å²) in [6, 6.07) is 13.9. The predicted octanol–water partition coefficient (Wildman–Crippen LogP) is 3.30. The summed E-state index contributed by atoms with van der Waals surface area (Å²) in [6.45, 7) is 1.43. The predicted molar refractivity (Wildman–Crippen MR) is 94.1 cm³/mol. The highest BCUT2D eigenvalue weighted by atomic mass is 16.5. The van der Waals surface area contributed by atoms with Gasteiger partial charge in [0.05, 0.1) is 14.2 Å². The van der Waals surface area contributed by atoms with Gasteiger partial charge in [-0.25, -0.2) is 0 Å². The molecule has 2 aromatic rings. The van der Waals surface area contributed by atoms with Gasteiger partial charge in [-0.2, -0.15) is 0 Å². The van der Waals surface area contributed by atoms with Crippen LogP contribution in [0.3, 0.4) is 0 Å². The molecule has 0 saturated heterocycles. The smallest absolute Gasteiger partial charge is 0.246 e. The molecule has 0 radical (unpaired) electrons. The Morgan fingerprint density at radius 2 is 1.79 bits per heavy atom. The number of hydrogen-bond acceptors (Lipinski definition) is 3. The van der Waals surface area contributed by atoms with Gasteiger partial charge in [0, 0.05) is 19.2 Å². The third-order valence-electron chi connectivity index (χ3n) is 4.27. The highest BCUT2D eigenvalue weighted by Gasteiger charge is 2.18. The summed E-state index contributed by atoms with van der Waals surface area (Å²) < 4.78 is 10.5. The monoisotopic (exact) mass is 323 g/mol. The fourth-order valence-electron chi connectivity index (χ4n) is 2.91. The van der Waals surface area contributed by atoms with E-state index in [1.54, 1.807) is 20.3 Å². The highest BCUT2D eigenvalue weighted by molar-refractivity contribution is 5.92. The topological polar surface area (TPSA) is 38.8 Å². The maximum Gasteiger partial charge on any atom is 0.246 e. The van der Waals surface area contributed by atoms with Gasteiger partial charge in [0.2, 0.25) is 5.91 Å². The second kappa shape index (κ2) is 7.21. The Hall–Kier alpha value is -2.75. The molecule has 0 atom stereocenters. The van der Waals surface area contributed by atoms with Crippen molar-refractivity contribution < 1.29 is 14.3 Å². The van der Waals surface area contributed by atoms with E-state index in [2.05, 4.69) is 12.1 Å². The number of rotatable bonds is 4. The first-order valence-corrected chi connectivity index (χ1v) is 7.97. The van der Waals surface area contributed by atoms with E-state index in [0.717, 1.165) is 18.5 Å². The van der Waals surface area contributed by atoms with E-state index in [1.165, 1.54) is 11.1 Å². The van der Waals surface area contributed by atoms with Crippen LogP contribution >= 0.6 is 0 Å². The molecule has 0 unspecified atom stereocenters. The molecule has 1 heterocycles. The van der Waals surface area contributed by atoms with Gasteiger partial charge in [0.15, 0.2) is 11.5 Å². The fraction of sp³-hybridized carbons (Fsp3) is 0.250. The van der Waals surface area contributed by atoms with E-state index >= 15 is 0 Å². The van der Waals surface area contributed by atoms with E-state index < -0.39 is 0 Å². The average Bonchev–Trinajstić information content (AvgIpc) is 2.65. The van der Waals surface area contributed by atoms with E-state index in [0.29, 0.717) is 18.0 Å². The number of ether oxygens (including phenoxy) is 2. The molecule has 0 N–H and O–H groups in total. The Morgan fingerprint density at radius 1 is 1.04 bits per heavy atom. The third-order valence-corrected chi connectivity index (χ3v) is 4.27. The zero-order valence-corrected chi connectivity index (χ0v) is 14.0. The molecule has 0 aromatic heterocycles. The molecule has 0 aliphatic carbocycles. The normalized spacial score (nSPS) is 13.7. The minimum atomic E-state index is 0.0271. The van der Waals surface area contributed by atoms with E-state index in [9.17, 15) is 4.79 Å². The van der Waals surface area contributed by atoms with Gasteiger partial charge in [0.25, 0.3) is 0 Å². The molecule has 4 heteroatoms. The fourth-order valence-corrected chi connectivity index (χ4v) is 2.91. The largest absolute Gasteiger partial charge is 0.493 e. The summed E-state index contributed by atoms with van der Waals surface area (Å²) in [6.07, 6.45) is 4.34. The van der Waals surface area contributed by atoms with Crippen LogP contribution in [0.1, 0.15) is 16.7 Å². The van der Waals surface area contributed by atoms with Crippen molar-refractivity contribution in [3.8, 4) is 11.5 Å². The van der Waals surface area contributed by atoms with Crippen LogP contribution in [0.4, 0.5) is 0 Å². The van der Waals surface area contributed by atoms with Gasteiger partial charge >= 0.3 is 0 Å². The van der Waals surface area contributed by atoms with E-state index in [4.69, 9.17) is 9.47 Å². The molecule has 0 bridgehead atoms.